The van der Waals surface area contributed by atoms with Crippen LogP contribution in [0.3, 0.4) is 0 Å². The summed E-state index contributed by atoms with van der Waals surface area (Å²) in [4.78, 5) is 11.9. The number of benzene rings is 1. The fourth-order valence-electron chi connectivity index (χ4n) is 2.64. The van der Waals surface area contributed by atoms with Crippen molar-refractivity contribution in [1.82, 2.24) is 9.62 Å². The van der Waals surface area contributed by atoms with Crippen LogP contribution in [0, 0.1) is 0 Å². The lowest BCUT2D eigenvalue weighted by atomic mass is 10.2. The summed E-state index contributed by atoms with van der Waals surface area (Å²) in [6.07, 6.45) is 2.49. The molecule has 3 rings (SSSR count). The van der Waals surface area contributed by atoms with E-state index in [2.05, 4.69) is 5.32 Å². The molecule has 134 valence electrons. The van der Waals surface area contributed by atoms with Crippen molar-refractivity contribution >= 4 is 27.3 Å². The van der Waals surface area contributed by atoms with Crippen molar-refractivity contribution in [3.8, 4) is 0 Å². The molecular weight excluding hydrogens is 356 g/mol. The molecule has 0 bridgehead atoms. The van der Waals surface area contributed by atoms with Gasteiger partial charge in [0.15, 0.2) is 0 Å². The van der Waals surface area contributed by atoms with E-state index in [1.165, 1.54) is 18.3 Å². The number of thiophene rings is 1. The third kappa shape index (κ3) is 4.68. The van der Waals surface area contributed by atoms with Crippen LogP contribution >= 0.6 is 11.3 Å². The first-order valence-electron chi connectivity index (χ1n) is 8.36. The van der Waals surface area contributed by atoms with Gasteiger partial charge in [0.2, 0.25) is 5.91 Å². The average molecular weight is 379 g/mol. The molecule has 1 aromatic carbocycles. The smallest absolute Gasteiger partial charge is 0.253 e. The van der Waals surface area contributed by atoms with Crippen LogP contribution in [0.2, 0.25) is 0 Å². The summed E-state index contributed by atoms with van der Waals surface area (Å²) in [5, 5.41) is 2.73. The molecule has 25 heavy (non-hydrogen) atoms. The predicted octanol–water partition coefficient (Wildman–Crippen LogP) is 2.78. The van der Waals surface area contributed by atoms with Crippen molar-refractivity contribution in [1.29, 1.82) is 0 Å². The SMILES string of the molecule is CC(=O)NCCc1ccc(S(=O)(=O)N(Cc2ccccc2)C2CC2)s1. The van der Waals surface area contributed by atoms with Crippen LogP contribution in [0.4, 0.5) is 0 Å². The number of carbonyl (C=O) groups is 1. The Morgan fingerprint density at radius 2 is 1.92 bits per heavy atom. The molecule has 0 saturated heterocycles. The highest BCUT2D eigenvalue weighted by Gasteiger charge is 2.38. The summed E-state index contributed by atoms with van der Waals surface area (Å²) in [5.74, 6) is -0.0767. The fourth-order valence-corrected chi connectivity index (χ4v) is 5.80. The Morgan fingerprint density at radius 1 is 1.20 bits per heavy atom. The molecule has 0 aliphatic heterocycles. The van der Waals surface area contributed by atoms with E-state index in [9.17, 15) is 13.2 Å². The minimum Gasteiger partial charge on any atom is -0.356 e. The van der Waals surface area contributed by atoms with E-state index >= 15 is 0 Å². The molecule has 0 spiro atoms. The molecule has 1 fully saturated rings. The second-order valence-electron chi connectivity index (χ2n) is 6.22. The van der Waals surface area contributed by atoms with Gasteiger partial charge in [-0.05, 0) is 37.0 Å². The lowest BCUT2D eigenvalue weighted by Crippen LogP contribution is -2.32. The van der Waals surface area contributed by atoms with Crippen molar-refractivity contribution in [3.05, 3.63) is 52.9 Å². The molecule has 5 nitrogen and oxygen atoms in total. The van der Waals surface area contributed by atoms with Crippen LogP contribution in [0.1, 0.15) is 30.2 Å². The molecule has 1 saturated carbocycles. The quantitative estimate of drug-likeness (QED) is 0.768. The van der Waals surface area contributed by atoms with Gasteiger partial charge in [-0.25, -0.2) is 8.42 Å². The van der Waals surface area contributed by atoms with Gasteiger partial charge >= 0.3 is 0 Å². The van der Waals surface area contributed by atoms with Crippen molar-refractivity contribution in [2.24, 2.45) is 0 Å². The maximum atomic E-state index is 13.1. The Hall–Kier alpha value is -1.70. The van der Waals surface area contributed by atoms with E-state index < -0.39 is 10.0 Å². The van der Waals surface area contributed by atoms with Crippen LogP contribution < -0.4 is 5.32 Å². The van der Waals surface area contributed by atoms with Crippen LogP contribution in [0.5, 0.6) is 0 Å². The summed E-state index contributed by atoms with van der Waals surface area (Å²) in [6.45, 7) is 2.40. The summed E-state index contributed by atoms with van der Waals surface area (Å²) >= 11 is 1.29. The van der Waals surface area contributed by atoms with Gasteiger partial charge in [0.1, 0.15) is 4.21 Å². The Morgan fingerprint density at radius 3 is 2.56 bits per heavy atom. The van der Waals surface area contributed by atoms with Gasteiger partial charge in [-0.15, -0.1) is 11.3 Å². The molecule has 0 radical (unpaired) electrons. The Labute approximate surface area is 152 Å². The first-order valence-corrected chi connectivity index (χ1v) is 10.6. The van der Waals surface area contributed by atoms with Crippen LogP contribution in [-0.4, -0.2) is 31.2 Å². The topological polar surface area (TPSA) is 66.5 Å². The minimum atomic E-state index is -3.49. The molecule has 0 unspecified atom stereocenters. The second-order valence-corrected chi connectivity index (χ2v) is 9.51. The van der Waals surface area contributed by atoms with Gasteiger partial charge < -0.3 is 5.32 Å². The lowest BCUT2D eigenvalue weighted by Gasteiger charge is -2.21. The van der Waals surface area contributed by atoms with Gasteiger partial charge in [-0.2, -0.15) is 4.31 Å². The number of nitrogens with zero attached hydrogens (tertiary/aromatic N) is 1. The Bertz CT molecular complexity index is 827. The van der Waals surface area contributed by atoms with E-state index in [1.54, 1.807) is 10.4 Å². The average Bonchev–Trinajstić information content (AvgIpc) is 3.30. The molecule has 1 aliphatic rings. The number of hydrogen-bond donors (Lipinski definition) is 1. The first-order chi connectivity index (χ1) is 12.0. The zero-order valence-corrected chi connectivity index (χ0v) is 15.8. The van der Waals surface area contributed by atoms with Crippen LogP contribution in [0.25, 0.3) is 0 Å². The van der Waals surface area contributed by atoms with Crippen molar-refractivity contribution in [2.45, 2.75) is 43.0 Å². The van der Waals surface area contributed by atoms with E-state index in [4.69, 9.17) is 0 Å². The van der Waals surface area contributed by atoms with Crippen LogP contribution in [0.15, 0.2) is 46.7 Å². The van der Waals surface area contributed by atoms with E-state index in [-0.39, 0.29) is 11.9 Å². The number of sulfonamides is 1. The van der Waals surface area contributed by atoms with Gasteiger partial charge in [0, 0.05) is 30.9 Å². The first kappa shape index (κ1) is 18.1. The highest BCUT2D eigenvalue weighted by molar-refractivity contribution is 7.91. The molecule has 1 aromatic heterocycles. The third-order valence-electron chi connectivity index (χ3n) is 4.08. The normalized spacial score (nSPS) is 14.6. The molecule has 2 aromatic rings. The molecule has 7 heteroatoms. The van der Waals surface area contributed by atoms with E-state index in [0.717, 1.165) is 23.3 Å². The Kier molecular flexibility index (Phi) is 5.56. The zero-order valence-electron chi connectivity index (χ0n) is 14.1. The highest BCUT2D eigenvalue weighted by atomic mass is 32.2. The summed E-state index contributed by atoms with van der Waals surface area (Å²) in [5.41, 5.74) is 1.00. The molecule has 1 amide bonds. The summed E-state index contributed by atoms with van der Waals surface area (Å²) < 4.78 is 28.2. The molecule has 1 N–H and O–H groups in total. The second kappa shape index (κ2) is 7.68. The van der Waals surface area contributed by atoms with Crippen molar-refractivity contribution in [3.63, 3.8) is 0 Å². The van der Waals surface area contributed by atoms with Crippen molar-refractivity contribution < 1.29 is 13.2 Å². The van der Waals surface area contributed by atoms with Gasteiger partial charge in [0.05, 0.1) is 0 Å². The monoisotopic (exact) mass is 378 g/mol. The molecule has 1 heterocycles. The van der Waals surface area contributed by atoms with E-state index in [0.29, 0.717) is 23.7 Å². The highest BCUT2D eigenvalue weighted by Crippen LogP contribution is 2.35. The Balaban J connectivity index is 1.74. The number of rotatable bonds is 8. The number of carbonyl (C=O) groups excluding carboxylic acids is 1. The molecular formula is C18H22N2O3S2. The van der Waals surface area contributed by atoms with E-state index in [1.807, 2.05) is 36.4 Å². The summed E-state index contributed by atoms with van der Waals surface area (Å²) in [7, 11) is -3.49. The fraction of sp³-hybridized carbons (Fsp3) is 0.389. The van der Waals surface area contributed by atoms with Crippen molar-refractivity contribution in [2.75, 3.05) is 6.54 Å². The zero-order chi connectivity index (χ0) is 17.9. The largest absolute Gasteiger partial charge is 0.356 e. The van der Waals surface area contributed by atoms with Gasteiger partial charge in [-0.3, -0.25) is 4.79 Å². The predicted molar refractivity (Wildman–Crippen MR) is 98.9 cm³/mol. The standard InChI is InChI=1S/C18H22N2O3S2/c1-14(21)19-12-11-17-9-10-18(24-17)25(22,23)20(16-7-8-16)13-15-5-3-2-4-6-15/h2-6,9-10,16H,7-8,11-13H2,1H3,(H,19,21). The van der Waals surface area contributed by atoms with Crippen LogP contribution in [-0.2, 0) is 27.8 Å². The third-order valence-corrected chi connectivity index (χ3v) is 7.59. The molecule has 0 atom stereocenters. The number of hydrogen-bond acceptors (Lipinski definition) is 4. The molecule has 1 aliphatic carbocycles. The summed E-state index contributed by atoms with van der Waals surface area (Å²) in [6, 6.07) is 13.3. The maximum absolute atomic E-state index is 13.1. The maximum Gasteiger partial charge on any atom is 0.253 e. The van der Waals surface area contributed by atoms with Gasteiger partial charge in [0.25, 0.3) is 10.0 Å². The minimum absolute atomic E-state index is 0.0767. The lowest BCUT2D eigenvalue weighted by molar-refractivity contribution is -0.118. The number of amides is 1. The number of nitrogens with one attached hydrogen (secondary N) is 1. The van der Waals surface area contributed by atoms with Gasteiger partial charge in [-0.1, -0.05) is 30.3 Å².